The summed E-state index contributed by atoms with van der Waals surface area (Å²) in [5, 5.41) is 2.89. The molecule has 1 unspecified atom stereocenters. The van der Waals surface area contributed by atoms with E-state index in [1.54, 1.807) is 16.8 Å². The standard InChI is InChI=1S/C16H20N4O2/c1-20-8-2-5-14(20)16(21)18-10-13-6-7-17-15(19-13)12-4-3-9-22-11-12/h2,5-8,12H,3-4,9-11H2,1H3,(H,18,21). The normalized spacial score (nSPS) is 18.1. The SMILES string of the molecule is Cn1cccc1C(=O)NCc1ccnc(C2CCCOC2)n1. The van der Waals surface area contributed by atoms with Crippen LogP contribution < -0.4 is 5.32 Å². The first-order valence-electron chi connectivity index (χ1n) is 7.53. The zero-order valence-electron chi connectivity index (χ0n) is 12.7. The molecule has 116 valence electrons. The van der Waals surface area contributed by atoms with Gasteiger partial charge in [0.05, 0.1) is 18.8 Å². The molecule has 1 atom stereocenters. The van der Waals surface area contributed by atoms with E-state index < -0.39 is 0 Å². The van der Waals surface area contributed by atoms with E-state index in [-0.39, 0.29) is 11.8 Å². The van der Waals surface area contributed by atoms with Crippen LogP contribution in [0.4, 0.5) is 0 Å². The lowest BCUT2D eigenvalue weighted by Crippen LogP contribution is -2.26. The molecule has 1 fully saturated rings. The molecule has 0 radical (unpaired) electrons. The molecule has 6 heteroatoms. The van der Waals surface area contributed by atoms with Gasteiger partial charge in [-0.25, -0.2) is 9.97 Å². The minimum Gasteiger partial charge on any atom is -0.381 e. The van der Waals surface area contributed by atoms with Crippen LogP contribution in [0.3, 0.4) is 0 Å². The maximum Gasteiger partial charge on any atom is 0.268 e. The van der Waals surface area contributed by atoms with Crippen LogP contribution in [-0.4, -0.2) is 33.7 Å². The number of nitrogens with one attached hydrogen (secondary N) is 1. The van der Waals surface area contributed by atoms with Gasteiger partial charge in [-0.1, -0.05) is 0 Å². The lowest BCUT2D eigenvalue weighted by molar-refractivity contribution is 0.0779. The van der Waals surface area contributed by atoms with Gasteiger partial charge < -0.3 is 14.6 Å². The molecule has 3 rings (SSSR count). The van der Waals surface area contributed by atoms with Gasteiger partial charge in [0, 0.05) is 32.0 Å². The number of nitrogens with zero attached hydrogens (tertiary/aromatic N) is 3. The first-order valence-corrected chi connectivity index (χ1v) is 7.53. The summed E-state index contributed by atoms with van der Waals surface area (Å²) in [5.41, 5.74) is 1.45. The highest BCUT2D eigenvalue weighted by molar-refractivity contribution is 5.92. The van der Waals surface area contributed by atoms with Crippen LogP contribution in [0.25, 0.3) is 0 Å². The zero-order valence-corrected chi connectivity index (χ0v) is 12.7. The fourth-order valence-corrected chi connectivity index (χ4v) is 2.61. The Bertz CT molecular complexity index is 647. The topological polar surface area (TPSA) is 69.0 Å². The molecule has 3 heterocycles. The summed E-state index contributed by atoms with van der Waals surface area (Å²) in [7, 11) is 1.85. The maximum atomic E-state index is 12.1. The van der Waals surface area contributed by atoms with E-state index in [2.05, 4.69) is 15.3 Å². The molecule has 1 saturated heterocycles. The number of carbonyl (C=O) groups is 1. The van der Waals surface area contributed by atoms with Gasteiger partial charge in [-0.05, 0) is 31.0 Å². The number of aryl methyl sites for hydroxylation is 1. The fourth-order valence-electron chi connectivity index (χ4n) is 2.61. The quantitative estimate of drug-likeness (QED) is 0.932. The van der Waals surface area contributed by atoms with E-state index in [0.717, 1.165) is 31.0 Å². The first kappa shape index (κ1) is 14.7. The Hall–Kier alpha value is -2.21. The van der Waals surface area contributed by atoms with Gasteiger partial charge in [-0.3, -0.25) is 4.79 Å². The van der Waals surface area contributed by atoms with Crippen LogP contribution in [0.5, 0.6) is 0 Å². The number of hydrogen-bond acceptors (Lipinski definition) is 4. The van der Waals surface area contributed by atoms with E-state index in [0.29, 0.717) is 18.8 Å². The molecular weight excluding hydrogens is 280 g/mol. The fraction of sp³-hybridized carbons (Fsp3) is 0.438. The van der Waals surface area contributed by atoms with Crippen LogP contribution in [0, 0.1) is 0 Å². The molecule has 0 aliphatic carbocycles. The Morgan fingerprint density at radius 1 is 1.50 bits per heavy atom. The van der Waals surface area contributed by atoms with Crippen molar-refractivity contribution < 1.29 is 9.53 Å². The predicted molar refractivity (Wildman–Crippen MR) is 81.4 cm³/mol. The first-order chi connectivity index (χ1) is 10.7. The molecule has 2 aromatic heterocycles. The number of rotatable bonds is 4. The second-order valence-corrected chi connectivity index (χ2v) is 5.51. The molecule has 0 bridgehead atoms. The van der Waals surface area contributed by atoms with Gasteiger partial charge in [0.15, 0.2) is 0 Å². The van der Waals surface area contributed by atoms with Crippen molar-refractivity contribution in [1.82, 2.24) is 19.9 Å². The Morgan fingerprint density at radius 2 is 2.41 bits per heavy atom. The molecule has 1 N–H and O–H groups in total. The van der Waals surface area contributed by atoms with E-state index in [1.807, 2.05) is 25.4 Å². The number of ether oxygens (including phenoxy) is 1. The lowest BCUT2D eigenvalue weighted by Gasteiger charge is -2.20. The molecule has 1 aliphatic heterocycles. The largest absolute Gasteiger partial charge is 0.381 e. The second kappa shape index (κ2) is 6.70. The van der Waals surface area contributed by atoms with E-state index in [1.165, 1.54) is 0 Å². The van der Waals surface area contributed by atoms with Crippen molar-refractivity contribution in [3.8, 4) is 0 Å². The summed E-state index contributed by atoms with van der Waals surface area (Å²) < 4.78 is 7.28. The smallest absolute Gasteiger partial charge is 0.268 e. The molecule has 0 saturated carbocycles. The summed E-state index contributed by atoms with van der Waals surface area (Å²) in [6.07, 6.45) is 5.70. The van der Waals surface area contributed by atoms with Crippen molar-refractivity contribution in [3.05, 3.63) is 47.8 Å². The molecule has 1 aliphatic rings. The van der Waals surface area contributed by atoms with Gasteiger partial charge in [-0.15, -0.1) is 0 Å². The summed E-state index contributed by atoms with van der Waals surface area (Å²) in [4.78, 5) is 21.0. The Labute approximate surface area is 129 Å². The minimum atomic E-state index is -0.103. The van der Waals surface area contributed by atoms with E-state index in [4.69, 9.17) is 4.74 Å². The monoisotopic (exact) mass is 300 g/mol. The van der Waals surface area contributed by atoms with E-state index in [9.17, 15) is 4.79 Å². The molecule has 22 heavy (non-hydrogen) atoms. The maximum absolute atomic E-state index is 12.1. The van der Waals surface area contributed by atoms with Crippen LogP contribution in [0.15, 0.2) is 30.6 Å². The zero-order chi connectivity index (χ0) is 15.4. The Morgan fingerprint density at radius 3 is 3.14 bits per heavy atom. The Balaban J connectivity index is 1.63. The predicted octanol–water partition coefficient (Wildman–Crippen LogP) is 1.64. The van der Waals surface area contributed by atoms with Crippen molar-refractivity contribution in [1.29, 1.82) is 0 Å². The van der Waals surface area contributed by atoms with Crippen LogP contribution in [0.2, 0.25) is 0 Å². The van der Waals surface area contributed by atoms with Crippen molar-refractivity contribution in [2.24, 2.45) is 7.05 Å². The summed E-state index contributed by atoms with van der Waals surface area (Å²) in [6.45, 7) is 1.90. The van der Waals surface area contributed by atoms with Crippen molar-refractivity contribution in [2.75, 3.05) is 13.2 Å². The number of carbonyl (C=O) groups excluding carboxylic acids is 1. The Kier molecular flexibility index (Phi) is 4.48. The number of amides is 1. The summed E-state index contributed by atoms with van der Waals surface area (Å²) >= 11 is 0. The van der Waals surface area contributed by atoms with Crippen molar-refractivity contribution >= 4 is 5.91 Å². The van der Waals surface area contributed by atoms with Crippen LogP contribution in [0.1, 0.15) is 40.8 Å². The number of aromatic nitrogens is 3. The summed E-state index contributed by atoms with van der Waals surface area (Å²) in [6, 6.07) is 5.47. The van der Waals surface area contributed by atoms with Gasteiger partial charge in [0.25, 0.3) is 5.91 Å². The average Bonchev–Trinajstić information content (AvgIpc) is 3.00. The number of hydrogen-bond donors (Lipinski definition) is 1. The van der Waals surface area contributed by atoms with Gasteiger partial charge in [0.2, 0.25) is 0 Å². The highest BCUT2D eigenvalue weighted by Gasteiger charge is 2.19. The highest BCUT2D eigenvalue weighted by Crippen LogP contribution is 2.22. The lowest BCUT2D eigenvalue weighted by atomic mass is 10.0. The molecular formula is C16H20N4O2. The average molecular weight is 300 g/mol. The second-order valence-electron chi connectivity index (χ2n) is 5.51. The van der Waals surface area contributed by atoms with Crippen LogP contribution >= 0.6 is 0 Å². The van der Waals surface area contributed by atoms with Gasteiger partial charge in [0.1, 0.15) is 11.5 Å². The molecule has 1 amide bonds. The molecule has 0 spiro atoms. The van der Waals surface area contributed by atoms with Crippen molar-refractivity contribution in [2.45, 2.75) is 25.3 Å². The third-order valence-corrected chi connectivity index (χ3v) is 3.86. The van der Waals surface area contributed by atoms with Crippen LogP contribution in [-0.2, 0) is 18.3 Å². The molecule has 2 aromatic rings. The highest BCUT2D eigenvalue weighted by atomic mass is 16.5. The van der Waals surface area contributed by atoms with Gasteiger partial charge in [-0.2, -0.15) is 0 Å². The third-order valence-electron chi connectivity index (χ3n) is 3.86. The molecule has 6 nitrogen and oxygen atoms in total. The van der Waals surface area contributed by atoms with E-state index >= 15 is 0 Å². The summed E-state index contributed by atoms with van der Waals surface area (Å²) in [5.74, 6) is 0.969. The third kappa shape index (κ3) is 3.33. The minimum absolute atomic E-state index is 0.103. The van der Waals surface area contributed by atoms with Crippen molar-refractivity contribution in [3.63, 3.8) is 0 Å². The molecule has 0 aromatic carbocycles. The van der Waals surface area contributed by atoms with Gasteiger partial charge >= 0.3 is 0 Å².